The van der Waals surface area contributed by atoms with Gasteiger partial charge in [0.2, 0.25) is 0 Å². The Hall–Kier alpha value is -4.48. The molecule has 0 aromatic heterocycles. The highest BCUT2D eigenvalue weighted by molar-refractivity contribution is 5.93. The van der Waals surface area contributed by atoms with E-state index in [1.807, 2.05) is 24.3 Å². The number of hydrogen-bond acceptors (Lipinski definition) is 4. The number of rotatable bonds is 5. The Labute approximate surface area is 168 Å². The Morgan fingerprint density at radius 2 is 1.31 bits per heavy atom. The minimum Gasteiger partial charge on any atom is -0.258 e. The molecule has 5 heteroatoms. The monoisotopic (exact) mass is 377 g/mol. The molecule has 0 saturated heterocycles. The second kappa shape index (κ2) is 8.94. The topological polar surface area (TPSA) is 90.7 Å². The molecule has 0 bridgehead atoms. The highest BCUT2D eigenvalue weighted by atomic mass is 16.6. The van der Waals surface area contributed by atoms with Gasteiger partial charge in [-0.3, -0.25) is 10.1 Å². The van der Waals surface area contributed by atoms with Crippen LogP contribution in [-0.2, 0) is 0 Å². The normalized spacial score (nSPS) is 11.4. The van der Waals surface area contributed by atoms with E-state index in [-0.39, 0.29) is 5.69 Å². The van der Waals surface area contributed by atoms with Crippen molar-refractivity contribution >= 4 is 29.0 Å². The van der Waals surface area contributed by atoms with Crippen molar-refractivity contribution in [1.82, 2.24) is 0 Å². The first-order valence-corrected chi connectivity index (χ1v) is 8.75. The molecule has 0 N–H and O–H groups in total. The minimum atomic E-state index is -0.488. The molecule has 0 saturated carbocycles. The summed E-state index contributed by atoms with van der Waals surface area (Å²) in [5.74, 6) is 0. The summed E-state index contributed by atoms with van der Waals surface area (Å²) >= 11 is 0. The highest BCUT2D eigenvalue weighted by Gasteiger charge is 2.14. The largest absolute Gasteiger partial charge is 0.277 e. The minimum absolute atomic E-state index is 0.132. The number of allylic oxidation sites excluding steroid dienone is 2. The molecular weight excluding hydrogens is 362 g/mol. The van der Waals surface area contributed by atoms with Gasteiger partial charge in [0, 0.05) is 6.07 Å². The molecule has 0 radical (unpaired) electrons. The fraction of sp³-hybridized carbons (Fsp3) is 0. The van der Waals surface area contributed by atoms with E-state index in [0.717, 1.165) is 5.56 Å². The van der Waals surface area contributed by atoms with Gasteiger partial charge in [-0.2, -0.15) is 10.5 Å². The van der Waals surface area contributed by atoms with Crippen LogP contribution >= 0.6 is 0 Å². The summed E-state index contributed by atoms with van der Waals surface area (Å²) in [6.07, 6.45) is 3.11. The van der Waals surface area contributed by atoms with Gasteiger partial charge in [0.25, 0.3) is 5.69 Å². The van der Waals surface area contributed by atoms with Crippen LogP contribution in [-0.4, -0.2) is 4.92 Å². The molecule has 3 aromatic rings. The van der Waals surface area contributed by atoms with E-state index >= 15 is 0 Å². The first-order valence-electron chi connectivity index (χ1n) is 8.75. The van der Waals surface area contributed by atoms with Crippen LogP contribution in [0.2, 0.25) is 0 Å². The number of hydrogen-bond donors (Lipinski definition) is 0. The van der Waals surface area contributed by atoms with Gasteiger partial charge in [-0.05, 0) is 34.9 Å². The molecule has 0 aliphatic heterocycles. The van der Waals surface area contributed by atoms with E-state index < -0.39 is 4.92 Å². The third-order valence-electron chi connectivity index (χ3n) is 4.27. The molecule has 138 valence electrons. The average molecular weight is 377 g/mol. The molecule has 0 atom stereocenters. The lowest BCUT2D eigenvalue weighted by Crippen LogP contribution is -1.93. The molecule has 0 heterocycles. The maximum Gasteiger partial charge on any atom is 0.277 e. The smallest absolute Gasteiger partial charge is 0.258 e. The summed E-state index contributed by atoms with van der Waals surface area (Å²) in [6.45, 7) is 0. The SMILES string of the molecule is N#CC(=Cc1ccc(C=C(C#N)c2ccccc2)c([N+](=O)[O-])c1)c1ccccc1. The molecule has 3 rings (SSSR count). The average Bonchev–Trinajstić information content (AvgIpc) is 2.77. The van der Waals surface area contributed by atoms with Crippen molar-refractivity contribution in [2.24, 2.45) is 0 Å². The van der Waals surface area contributed by atoms with Gasteiger partial charge in [-0.1, -0.05) is 66.7 Å². The lowest BCUT2D eigenvalue weighted by Gasteiger charge is -2.04. The first-order chi connectivity index (χ1) is 14.1. The standard InChI is InChI=1S/C24H15N3O2/c25-16-22(19-7-3-1-4-8-19)13-18-11-12-21(24(14-18)27(28)29)15-23(17-26)20-9-5-2-6-10-20/h1-15H. The lowest BCUT2D eigenvalue weighted by atomic mass is 10.00. The number of nitrogens with zero attached hydrogens (tertiary/aromatic N) is 3. The van der Waals surface area contributed by atoms with Crippen molar-refractivity contribution in [3.05, 3.63) is 111 Å². The molecule has 5 nitrogen and oxygen atoms in total. The van der Waals surface area contributed by atoms with Gasteiger partial charge in [-0.25, -0.2) is 0 Å². The van der Waals surface area contributed by atoms with Gasteiger partial charge in [0.05, 0.1) is 33.8 Å². The quantitative estimate of drug-likeness (QED) is 0.246. The molecule has 0 spiro atoms. The van der Waals surface area contributed by atoms with Crippen LogP contribution in [0.5, 0.6) is 0 Å². The van der Waals surface area contributed by atoms with Gasteiger partial charge < -0.3 is 0 Å². The van der Waals surface area contributed by atoms with Gasteiger partial charge >= 0.3 is 0 Å². The Bertz CT molecular complexity index is 1180. The van der Waals surface area contributed by atoms with Crippen LogP contribution in [0.4, 0.5) is 5.69 Å². The predicted octanol–water partition coefficient (Wildman–Crippen LogP) is 5.72. The number of benzene rings is 3. The number of nitro benzene ring substituents is 1. The lowest BCUT2D eigenvalue weighted by molar-refractivity contribution is -0.385. The summed E-state index contributed by atoms with van der Waals surface area (Å²) in [5, 5.41) is 30.5. The van der Waals surface area contributed by atoms with Crippen molar-refractivity contribution in [2.45, 2.75) is 0 Å². The third-order valence-corrected chi connectivity index (χ3v) is 4.27. The molecule has 3 aromatic carbocycles. The molecular formula is C24H15N3O2. The molecule has 0 aliphatic carbocycles. The van der Waals surface area contributed by atoms with E-state index in [9.17, 15) is 20.6 Å². The van der Waals surface area contributed by atoms with Crippen molar-refractivity contribution in [2.75, 3.05) is 0 Å². The molecule has 0 fully saturated rings. The fourth-order valence-corrected chi connectivity index (χ4v) is 2.85. The van der Waals surface area contributed by atoms with Gasteiger partial charge in [-0.15, -0.1) is 0 Å². The van der Waals surface area contributed by atoms with E-state index in [1.54, 1.807) is 54.6 Å². The summed E-state index contributed by atoms with van der Waals surface area (Å²) < 4.78 is 0. The van der Waals surface area contributed by atoms with E-state index in [0.29, 0.717) is 27.8 Å². The fourth-order valence-electron chi connectivity index (χ4n) is 2.85. The van der Waals surface area contributed by atoms with Crippen LogP contribution in [0, 0.1) is 32.8 Å². The molecule has 0 unspecified atom stereocenters. The maximum absolute atomic E-state index is 11.6. The van der Waals surface area contributed by atoms with Crippen LogP contribution in [0.1, 0.15) is 22.3 Å². The summed E-state index contributed by atoms with van der Waals surface area (Å²) in [5.41, 5.74) is 2.89. The number of nitriles is 2. The van der Waals surface area contributed by atoms with Gasteiger partial charge in [0.1, 0.15) is 0 Å². The zero-order chi connectivity index (χ0) is 20.6. The summed E-state index contributed by atoms with van der Waals surface area (Å²) in [6, 6.07) is 27.0. The summed E-state index contributed by atoms with van der Waals surface area (Å²) in [7, 11) is 0. The van der Waals surface area contributed by atoms with Crippen LogP contribution in [0.25, 0.3) is 23.3 Å². The van der Waals surface area contributed by atoms with Crippen molar-refractivity contribution < 1.29 is 4.92 Å². The van der Waals surface area contributed by atoms with E-state index in [2.05, 4.69) is 12.1 Å². The highest BCUT2D eigenvalue weighted by Crippen LogP contribution is 2.27. The zero-order valence-electron chi connectivity index (χ0n) is 15.3. The maximum atomic E-state index is 11.6. The predicted molar refractivity (Wildman–Crippen MR) is 113 cm³/mol. The van der Waals surface area contributed by atoms with Crippen LogP contribution in [0.15, 0.2) is 78.9 Å². The molecule has 0 aliphatic rings. The Morgan fingerprint density at radius 3 is 1.79 bits per heavy atom. The van der Waals surface area contributed by atoms with Crippen molar-refractivity contribution in [1.29, 1.82) is 10.5 Å². The van der Waals surface area contributed by atoms with Crippen molar-refractivity contribution in [3.63, 3.8) is 0 Å². The first kappa shape index (κ1) is 19.3. The second-order valence-electron chi connectivity index (χ2n) is 6.15. The van der Waals surface area contributed by atoms with Crippen molar-refractivity contribution in [3.8, 4) is 12.1 Å². The summed E-state index contributed by atoms with van der Waals surface area (Å²) in [4.78, 5) is 11.1. The van der Waals surface area contributed by atoms with E-state index in [4.69, 9.17) is 0 Å². The third kappa shape index (κ3) is 4.63. The van der Waals surface area contributed by atoms with E-state index in [1.165, 1.54) is 12.1 Å². The van der Waals surface area contributed by atoms with Crippen LogP contribution in [0.3, 0.4) is 0 Å². The second-order valence-corrected chi connectivity index (χ2v) is 6.15. The van der Waals surface area contributed by atoms with Gasteiger partial charge in [0.15, 0.2) is 0 Å². The number of nitro groups is 1. The van der Waals surface area contributed by atoms with Crippen LogP contribution < -0.4 is 0 Å². The Kier molecular flexibility index (Phi) is 5.95. The Morgan fingerprint density at radius 1 is 0.793 bits per heavy atom. The zero-order valence-corrected chi connectivity index (χ0v) is 15.3. The molecule has 29 heavy (non-hydrogen) atoms. The molecule has 0 amide bonds. The Balaban J connectivity index is 2.06.